The molecule has 0 saturated heterocycles. The Bertz CT molecular complexity index is 1050. The van der Waals surface area contributed by atoms with Gasteiger partial charge in [-0.25, -0.2) is 0 Å². The van der Waals surface area contributed by atoms with E-state index in [2.05, 4.69) is 16.5 Å². The largest absolute Gasteiger partial charge is 0.454 e. The van der Waals surface area contributed by atoms with E-state index in [1.807, 2.05) is 24.6 Å². The lowest BCUT2D eigenvalue weighted by atomic mass is 9.96. The molecule has 0 unspecified atom stereocenters. The van der Waals surface area contributed by atoms with Crippen molar-refractivity contribution in [3.8, 4) is 6.07 Å². The van der Waals surface area contributed by atoms with Gasteiger partial charge in [-0.15, -0.1) is 11.3 Å². The number of carbonyl (C=O) groups is 1. The SMILES string of the molecule is Cc1cc(C)n(Cc2ccc(C(=O)Nc3sc4c(c3C#N)CCCC4)o2)n1. The molecule has 4 rings (SSSR count). The third-order valence-electron chi connectivity index (χ3n) is 4.80. The van der Waals surface area contributed by atoms with Crippen LogP contribution >= 0.6 is 11.3 Å². The van der Waals surface area contributed by atoms with Crippen LogP contribution in [0.25, 0.3) is 0 Å². The van der Waals surface area contributed by atoms with Crippen molar-refractivity contribution >= 4 is 22.2 Å². The summed E-state index contributed by atoms with van der Waals surface area (Å²) >= 11 is 1.51. The number of nitrogens with one attached hydrogen (secondary N) is 1. The molecular formula is C20H20N4O2S. The van der Waals surface area contributed by atoms with Crippen LogP contribution in [0.2, 0.25) is 0 Å². The number of nitriles is 1. The zero-order valence-corrected chi connectivity index (χ0v) is 16.2. The number of anilines is 1. The highest BCUT2D eigenvalue weighted by Crippen LogP contribution is 2.37. The van der Waals surface area contributed by atoms with Crippen LogP contribution in [0, 0.1) is 25.2 Å². The van der Waals surface area contributed by atoms with Crippen LogP contribution < -0.4 is 5.32 Å². The normalized spacial score (nSPS) is 13.2. The van der Waals surface area contributed by atoms with Crippen LogP contribution in [0.1, 0.15) is 56.5 Å². The van der Waals surface area contributed by atoms with Gasteiger partial charge in [0.2, 0.25) is 0 Å². The zero-order valence-electron chi connectivity index (χ0n) is 15.3. The smallest absolute Gasteiger partial charge is 0.292 e. The van der Waals surface area contributed by atoms with Crippen molar-refractivity contribution in [2.45, 2.75) is 46.1 Å². The Labute approximate surface area is 161 Å². The first-order chi connectivity index (χ1) is 13.0. The number of nitrogens with zero attached hydrogens (tertiary/aromatic N) is 3. The van der Waals surface area contributed by atoms with Gasteiger partial charge in [0.1, 0.15) is 16.8 Å². The lowest BCUT2D eigenvalue weighted by molar-refractivity contribution is 0.0995. The summed E-state index contributed by atoms with van der Waals surface area (Å²) in [5, 5.41) is 17.4. The summed E-state index contributed by atoms with van der Waals surface area (Å²) in [5.74, 6) is 0.573. The molecule has 138 valence electrons. The quantitative estimate of drug-likeness (QED) is 0.735. The van der Waals surface area contributed by atoms with Crippen molar-refractivity contribution < 1.29 is 9.21 Å². The maximum absolute atomic E-state index is 12.6. The highest BCUT2D eigenvalue weighted by atomic mass is 32.1. The van der Waals surface area contributed by atoms with Crippen LogP contribution in [0.3, 0.4) is 0 Å². The van der Waals surface area contributed by atoms with E-state index in [0.29, 0.717) is 22.9 Å². The van der Waals surface area contributed by atoms with Crippen LogP contribution in [0.15, 0.2) is 22.6 Å². The second-order valence-corrected chi connectivity index (χ2v) is 7.94. The lowest BCUT2D eigenvalue weighted by Crippen LogP contribution is -2.11. The van der Waals surface area contributed by atoms with E-state index in [4.69, 9.17) is 4.42 Å². The number of aromatic nitrogens is 2. The maximum atomic E-state index is 12.6. The van der Waals surface area contributed by atoms with Crippen molar-refractivity contribution in [3.05, 3.63) is 57.1 Å². The van der Waals surface area contributed by atoms with Gasteiger partial charge in [-0.2, -0.15) is 10.4 Å². The molecule has 3 heterocycles. The fourth-order valence-corrected chi connectivity index (χ4v) is 4.74. The first-order valence-corrected chi connectivity index (χ1v) is 9.82. The Morgan fingerprint density at radius 2 is 2.19 bits per heavy atom. The molecule has 7 heteroatoms. The number of aryl methyl sites for hydroxylation is 3. The van der Waals surface area contributed by atoms with Crippen LogP contribution in [-0.2, 0) is 19.4 Å². The summed E-state index contributed by atoms with van der Waals surface area (Å²) in [4.78, 5) is 13.8. The summed E-state index contributed by atoms with van der Waals surface area (Å²) in [7, 11) is 0. The van der Waals surface area contributed by atoms with E-state index in [9.17, 15) is 10.1 Å². The predicted molar refractivity (Wildman–Crippen MR) is 103 cm³/mol. The van der Waals surface area contributed by atoms with Crippen molar-refractivity contribution in [2.24, 2.45) is 0 Å². The van der Waals surface area contributed by atoms with Gasteiger partial charge in [0, 0.05) is 10.6 Å². The topological polar surface area (TPSA) is 83.9 Å². The van der Waals surface area contributed by atoms with E-state index in [1.165, 1.54) is 16.2 Å². The Morgan fingerprint density at radius 3 is 2.93 bits per heavy atom. The van der Waals surface area contributed by atoms with Gasteiger partial charge in [-0.1, -0.05) is 0 Å². The molecular weight excluding hydrogens is 360 g/mol. The lowest BCUT2D eigenvalue weighted by Gasteiger charge is -2.09. The fraction of sp³-hybridized carbons (Fsp3) is 0.350. The molecule has 1 amide bonds. The third-order valence-corrected chi connectivity index (χ3v) is 6.01. The van der Waals surface area contributed by atoms with Crippen LogP contribution in [-0.4, -0.2) is 15.7 Å². The van der Waals surface area contributed by atoms with Crippen LogP contribution in [0.4, 0.5) is 5.00 Å². The van der Waals surface area contributed by atoms with E-state index in [1.54, 1.807) is 12.1 Å². The number of fused-ring (bicyclic) bond motifs is 1. The van der Waals surface area contributed by atoms with Crippen LogP contribution in [0.5, 0.6) is 0 Å². The minimum atomic E-state index is -0.329. The summed E-state index contributed by atoms with van der Waals surface area (Å²) < 4.78 is 7.55. The molecule has 0 fully saturated rings. The zero-order chi connectivity index (χ0) is 19.0. The van der Waals surface area contributed by atoms with E-state index in [0.717, 1.165) is 42.6 Å². The number of amides is 1. The Balaban J connectivity index is 1.51. The highest BCUT2D eigenvalue weighted by molar-refractivity contribution is 7.16. The monoisotopic (exact) mass is 380 g/mol. The average Bonchev–Trinajstić information content (AvgIpc) is 3.32. The second kappa shape index (κ2) is 7.05. The van der Waals surface area contributed by atoms with Gasteiger partial charge in [-0.3, -0.25) is 9.48 Å². The standard InChI is InChI=1S/C20H20N4O2S/c1-12-9-13(2)24(23-12)11-14-7-8-17(26-14)19(25)22-20-16(10-21)15-5-3-4-6-18(15)27-20/h7-9H,3-6,11H2,1-2H3,(H,22,25). The Hall–Kier alpha value is -2.85. The van der Waals surface area contributed by atoms with Crippen molar-refractivity contribution in [1.29, 1.82) is 5.26 Å². The number of hydrogen-bond acceptors (Lipinski definition) is 5. The summed E-state index contributed by atoms with van der Waals surface area (Å²) in [6.45, 7) is 4.40. The molecule has 0 radical (unpaired) electrons. The molecule has 0 aliphatic heterocycles. The fourth-order valence-electron chi connectivity index (χ4n) is 3.50. The average molecular weight is 380 g/mol. The molecule has 1 N–H and O–H groups in total. The molecule has 0 atom stereocenters. The van der Waals surface area contributed by atoms with Crippen molar-refractivity contribution in [1.82, 2.24) is 9.78 Å². The Kier molecular flexibility index (Phi) is 4.58. The number of thiophene rings is 1. The number of carbonyl (C=O) groups excluding carboxylic acids is 1. The highest BCUT2D eigenvalue weighted by Gasteiger charge is 2.23. The molecule has 0 bridgehead atoms. The van der Waals surface area contributed by atoms with Crippen molar-refractivity contribution in [2.75, 3.05) is 5.32 Å². The van der Waals surface area contributed by atoms with E-state index in [-0.39, 0.29) is 11.7 Å². The molecule has 1 aliphatic rings. The van der Waals surface area contributed by atoms with Gasteiger partial charge in [-0.05, 0) is 63.3 Å². The predicted octanol–water partition coefficient (Wildman–Crippen LogP) is 4.21. The number of hydrogen-bond donors (Lipinski definition) is 1. The summed E-state index contributed by atoms with van der Waals surface area (Å²) in [6.07, 6.45) is 4.13. The summed E-state index contributed by atoms with van der Waals surface area (Å²) in [6, 6.07) is 7.71. The Morgan fingerprint density at radius 1 is 1.37 bits per heavy atom. The minimum absolute atomic E-state index is 0.238. The van der Waals surface area contributed by atoms with E-state index >= 15 is 0 Å². The van der Waals surface area contributed by atoms with Gasteiger partial charge >= 0.3 is 0 Å². The van der Waals surface area contributed by atoms with Gasteiger partial charge in [0.05, 0.1) is 17.8 Å². The maximum Gasteiger partial charge on any atom is 0.292 e. The first kappa shape index (κ1) is 17.6. The van der Waals surface area contributed by atoms with Gasteiger partial charge < -0.3 is 9.73 Å². The molecule has 27 heavy (non-hydrogen) atoms. The third kappa shape index (κ3) is 3.40. The molecule has 0 saturated carbocycles. The molecule has 3 aromatic rings. The summed E-state index contributed by atoms with van der Waals surface area (Å²) in [5.41, 5.74) is 3.70. The molecule has 0 aromatic carbocycles. The second-order valence-electron chi connectivity index (χ2n) is 6.83. The van der Waals surface area contributed by atoms with Crippen molar-refractivity contribution in [3.63, 3.8) is 0 Å². The van der Waals surface area contributed by atoms with Gasteiger partial charge in [0.15, 0.2) is 5.76 Å². The molecule has 1 aliphatic carbocycles. The molecule has 3 aromatic heterocycles. The number of rotatable bonds is 4. The van der Waals surface area contributed by atoms with Gasteiger partial charge in [0.25, 0.3) is 5.91 Å². The number of furan rings is 1. The first-order valence-electron chi connectivity index (χ1n) is 9.01. The molecule has 6 nitrogen and oxygen atoms in total. The van der Waals surface area contributed by atoms with E-state index < -0.39 is 0 Å². The minimum Gasteiger partial charge on any atom is -0.454 e. The molecule has 0 spiro atoms.